The van der Waals surface area contributed by atoms with Crippen LogP contribution >= 0.6 is 0 Å². The maximum atomic E-state index is 12.7. The smallest absolute Gasteiger partial charge is 0.257 e. The lowest BCUT2D eigenvalue weighted by molar-refractivity contribution is 0.0548. The van der Waals surface area contributed by atoms with Crippen molar-refractivity contribution in [1.29, 1.82) is 0 Å². The molecule has 0 aliphatic carbocycles. The number of nitrogen functional groups attached to an aromatic ring is 1. The molecule has 1 aromatic rings. The van der Waals surface area contributed by atoms with Gasteiger partial charge in [0.05, 0.1) is 12.7 Å². The topological polar surface area (TPSA) is 55.6 Å². The SMILES string of the molecule is COc1ccc(N)cc1C(=O)N1CCCC(C)C1C. The minimum Gasteiger partial charge on any atom is -0.496 e. The standard InChI is InChI=1S/C15H22N2O2/c1-10-5-4-8-17(11(10)2)15(18)13-9-12(16)6-7-14(13)19-3/h6-7,9-11H,4-5,8,16H2,1-3H3. The van der Waals surface area contributed by atoms with E-state index in [2.05, 4.69) is 13.8 Å². The number of hydrogen-bond donors (Lipinski definition) is 1. The van der Waals surface area contributed by atoms with Gasteiger partial charge in [0.15, 0.2) is 0 Å². The first-order valence-corrected chi connectivity index (χ1v) is 6.79. The number of nitrogens with zero attached hydrogens (tertiary/aromatic N) is 1. The maximum Gasteiger partial charge on any atom is 0.257 e. The van der Waals surface area contributed by atoms with Crippen molar-refractivity contribution in [2.75, 3.05) is 19.4 Å². The molecule has 1 heterocycles. The first-order chi connectivity index (χ1) is 9.04. The summed E-state index contributed by atoms with van der Waals surface area (Å²) in [5, 5.41) is 0. The van der Waals surface area contributed by atoms with Gasteiger partial charge in [-0.2, -0.15) is 0 Å². The van der Waals surface area contributed by atoms with Crippen LogP contribution in [0.3, 0.4) is 0 Å². The number of benzene rings is 1. The summed E-state index contributed by atoms with van der Waals surface area (Å²) in [7, 11) is 1.57. The van der Waals surface area contributed by atoms with E-state index in [1.807, 2.05) is 4.90 Å². The molecule has 1 fully saturated rings. The van der Waals surface area contributed by atoms with Crippen LogP contribution in [0.25, 0.3) is 0 Å². The number of carbonyl (C=O) groups excluding carboxylic acids is 1. The highest BCUT2D eigenvalue weighted by Gasteiger charge is 2.30. The molecule has 2 atom stereocenters. The molecule has 0 aromatic heterocycles. The molecule has 1 aromatic carbocycles. The molecule has 1 saturated heterocycles. The van der Waals surface area contributed by atoms with Gasteiger partial charge in [0.2, 0.25) is 0 Å². The van der Waals surface area contributed by atoms with E-state index in [-0.39, 0.29) is 11.9 Å². The Hall–Kier alpha value is -1.71. The summed E-state index contributed by atoms with van der Waals surface area (Å²) in [6, 6.07) is 5.46. The number of nitrogens with two attached hydrogens (primary N) is 1. The van der Waals surface area contributed by atoms with Crippen LogP contribution in [0.1, 0.15) is 37.0 Å². The minimum atomic E-state index is 0.0169. The van der Waals surface area contributed by atoms with Crippen LogP contribution in [0.15, 0.2) is 18.2 Å². The molecule has 1 amide bonds. The lowest BCUT2D eigenvalue weighted by Gasteiger charge is -2.38. The molecule has 0 bridgehead atoms. The van der Waals surface area contributed by atoms with E-state index in [0.717, 1.165) is 13.0 Å². The van der Waals surface area contributed by atoms with E-state index in [1.165, 1.54) is 6.42 Å². The summed E-state index contributed by atoms with van der Waals surface area (Å²) in [6.45, 7) is 5.11. The largest absolute Gasteiger partial charge is 0.496 e. The summed E-state index contributed by atoms with van der Waals surface area (Å²) < 4.78 is 5.27. The second-order valence-electron chi connectivity index (χ2n) is 5.32. The quantitative estimate of drug-likeness (QED) is 0.833. The number of piperidine rings is 1. The molecule has 1 aliphatic heterocycles. The Labute approximate surface area is 114 Å². The lowest BCUT2D eigenvalue weighted by atomic mass is 9.91. The third-order valence-corrected chi connectivity index (χ3v) is 4.09. The predicted octanol–water partition coefficient (Wildman–Crippen LogP) is 2.54. The molecule has 4 heteroatoms. The van der Waals surface area contributed by atoms with Gasteiger partial charge in [-0.15, -0.1) is 0 Å². The molecule has 2 N–H and O–H groups in total. The number of ether oxygens (including phenoxy) is 1. The van der Waals surface area contributed by atoms with E-state index in [4.69, 9.17) is 10.5 Å². The second-order valence-corrected chi connectivity index (χ2v) is 5.32. The molecule has 4 nitrogen and oxygen atoms in total. The van der Waals surface area contributed by atoms with E-state index < -0.39 is 0 Å². The zero-order chi connectivity index (χ0) is 14.0. The van der Waals surface area contributed by atoms with Crippen LogP contribution in [0.5, 0.6) is 5.75 Å². The van der Waals surface area contributed by atoms with Crippen molar-refractivity contribution in [3.05, 3.63) is 23.8 Å². The zero-order valence-electron chi connectivity index (χ0n) is 11.8. The summed E-state index contributed by atoms with van der Waals surface area (Å²) in [4.78, 5) is 14.6. The minimum absolute atomic E-state index is 0.0169. The molecule has 0 spiro atoms. The fourth-order valence-electron chi connectivity index (χ4n) is 2.67. The van der Waals surface area contributed by atoms with E-state index >= 15 is 0 Å². The summed E-state index contributed by atoms with van der Waals surface area (Å²) in [5.74, 6) is 1.14. The van der Waals surface area contributed by atoms with E-state index in [0.29, 0.717) is 22.9 Å². The highest BCUT2D eigenvalue weighted by atomic mass is 16.5. The van der Waals surface area contributed by atoms with Crippen LogP contribution in [-0.2, 0) is 0 Å². The van der Waals surface area contributed by atoms with Crippen LogP contribution < -0.4 is 10.5 Å². The maximum absolute atomic E-state index is 12.7. The third-order valence-electron chi connectivity index (χ3n) is 4.09. The Balaban J connectivity index is 2.30. The van der Waals surface area contributed by atoms with Gasteiger partial charge in [0, 0.05) is 18.3 Å². The van der Waals surface area contributed by atoms with E-state index in [9.17, 15) is 4.79 Å². The van der Waals surface area contributed by atoms with Crippen LogP contribution in [-0.4, -0.2) is 30.5 Å². The first kappa shape index (κ1) is 13.7. The van der Waals surface area contributed by atoms with Crippen LogP contribution in [0.4, 0.5) is 5.69 Å². The van der Waals surface area contributed by atoms with Gasteiger partial charge in [-0.05, 0) is 43.9 Å². The van der Waals surface area contributed by atoms with Crippen molar-refractivity contribution in [2.45, 2.75) is 32.7 Å². The van der Waals surface area contributed by atoms with Gasteiger partial charge >= 0.3 is 0 Å². The highest BCUT2D eigenvalue weighted by Crippen LogP contribution is 2.28. The second kappa shape index (κ2) is 5.51. The fourth-order valence-corrected chi connectivity index (χ4v) is 2.67. The van der Waals surface area contributed by atoms with Crippen molar-refractivity contribution < 1.29 is 9.53 Å². The number of carbonyl (C=O) groups is 1. The number of amides is 1. The van der Waals surface area contributed by atoms with Gasteiger partial charge in [-0.3, -0.25) is 4.79 Å². The molecule has 0 saturated carbocycles. The summed E-state index contributed by atoms with van der Waals surface area (Å²) in [5.41, 5.74) is 6.93. The molecule has 2 unspecified atom stereocenters. The average Bonchev–Trinajstić information content (AvgIpc) is 2.41. The monoisotopic (exact) mass is 262 g/mol. The van der Waals surface area contributed by atoms with Crippen molar-refractivity contribution in [3.63, 3.8) is 0 Å². The third kappa shape index (κ3) is 2.67. The van der Waals surface area contributed by atoms with Crippen molar-refractivity contribution in [3.8, 4) is 5.75 Å². The van der Waals surface area contributed by atoms with Crippen molar-refractivity contribution in [1.82, 2.24) is 4.90 Å². The summed E-state index contributed by atoms with van der Waals surface area (Å²) in [6.07, 6.45) is 2.24. The number of likely N-dealkylation sites (tertiary alicyclic amines) is 1. The molecule has 19 heavy (non-hydrogen) atoms. The summed E-state index contributed by atoms with van der Waals surface area (Å²) >= 11 is 0. The lowest BCUT2D eigenvalue weighted by Crippen LogP contribution is -2.46. The molecular weight excluding hydrogens is 240 g/mol. The zero-order valence-corrected chi connectivity index (χ0v) is 11.8. The van der Waals surface area contributed by atoms with Gasteiger partial charge in [-0.25, -0.2) is 0 Å². The van der Waals surface area contributed by atoms with Gasteiger partial charge < -0.3 is 15.4 Å². The van der Waals surface area contributed by atoms with Crippen LogP contribution in [0, 0.1) is 5.92 Å². The highest BCUT2D eigenvalue weighted by molar-refractivity contribution is 5.98. The molecule has 104 valence electrons. The molecular formula is C15H22N2O2. The predicted molar refractivity (Wildman–Crippen MR) is 76.3 cm³/mol. The van der Waals surface area contributed by atoms with E-state index in [1.54, 1.807) is 25.3 Å². The number of hydrogen-bond acceptors (Lipinski definition) is 3. The number of methoxy groups -OCH3 is 1. The fraction of sp³-hybridized carbons (Fsp3) is 0.533. The number of anilines is 1. The Bertz CT molecular complexity index is 473. The number of rotatable bonds is 2. The molecule has 1 aliphatic rings. The molecule has 2 rings (SSSR count). The van der Waals surface area contributed by atoms with Crippen LogP contribution in [0.2, 0.25) is 0 Å². The molecule has 0 radical (unpaired) electrons. The van der Waals surface area contributed by atoms with Gasteiger partial charge in [0.25, 0.3) is 5.91 Å². The Morgan fingerprint density at radius 3 is 2.84 bits per heavy atom. The first-order valence-electron chi connectivity index (χ1n) is 6.79. The van der Waals surface area contributed by atoms with Crippen molar-refractivity contribution >= 4 is 11.6 Å². The Morgan fingerprint density at radius 1 is 1.42 bits per heavy atom. The van der Waals surface area contributed by atoms with Gasteiger partial charge in [-0.1, -0.05) is 6.92 Å². The Morgan fingerprint density at radius 2 is 2.16 bits per heavy atom. The van der Waals surface area contributed by atoms with Crippen molar-refractivity contribution in [2.24, 2.45) is 5.92 Å². The van der Waals surface area contributed by atoms with Gasteiger partial charge in [0.1, 0.15) is 5.75 Å². The average molecular weight is 262 g/mol. The normalized spacial score (nSPS) is 23.2. The Kier molecular flexibility index (Phi) is 3.98.